The Morgan fingerprint density at radius 1 is 1.24 bits per heavy atom. The monoisotopic (exact) mass is 524 g/mol. The van der Waals surface area contributed by atoms with Crippen molar-refractivity contribution in [1.82, 2.24) is 19.7 Å². The second-order valence-electron chi connectivity index (χ2n) is 7.35. The van der Waals surface area contributed by atoms with Crippen LogP contribution in [0.15, 0.2) is 6.20 Å². The average Bonchev–Trinajstić information content (AvgIpc) is 3.27. The lowest BCUT2D eigenvalue weighted by Gasteiger charge is -2.21. The largest absolute Gasteiger partial charge is 0.459 e. The van der Waals surface area contributed by atoms with Crippen molar-refractivity contribution < 1.29 is 32.6 Å². The second-order valence-corrected chi connectivity index (χ2v) is 10.2. The third kappa shape index (κ3) is 6.22. The van der Waals surface area contributed by atoms with Crippen LogP contribution in [-0.2, 0) is 32.6 Å². The molecule has 0 unspecified atom stereocenters. The second kappa shape index (κ2) is 11.4. The topological polar surface area (TPSA) is 124 Å². The first-order chi connectivity index (χ1) is 15.7. The van der Waals surface area contributed by atoms with Crippen molar-refractivity contribution in [1.29, 1.82) is 0 Å². The smallest absolute Gasteiger partial charge is 0.332 e. The minimum Gasteiger partial charge on any atom is -0.459 e. The molecule has 0 spiro atoms. The molecule has 0 saturated carbocycles. The molecule has 2 aromatic rings. The van der Waals surface area contributed by atoms with E-state index in [1.54, 1.807) is 13.8 Å². The van der Waals surface area contributed by atoms with Crippen LogP contribution < -0.4 is 0 Å². The Labute approximate surface area is 201 Å². The molecule has 14 heteroatoms. The standard InChI is InChI=1S/C19H27Cl2N4O7P/c1-5-29-33(27,30-6-2)8-7-28-10-14-15(31-12(4)26)11(3)18(32-14)25-17-13(9-22-25)16(20)23-19(21)24-17/h9,11,14-15,18H,5-8,10H2,1-4H3/t11-,14-,15+,18-/m1/s1. The maximum absolute atomic E-state index is 12.6. The SMILES string of the molecule is CCOP(=O)(CCOC[C@H]1O[C@@H](n2ncc3c(Cl)nc(Cl)nc32)[C@H](C)[C@@H]1OC(C)=O)OCC. The number of fused-ring (bicyclic) bond motifs is 1. The highest BCUT2D eigenvalue weighted by molar-refractivity contribution is 7.53. The van der Waals surface area contributed by atoms with Crippen molar-refractivity contribution in [3.63, 3.8) is 0 Å². The van der Waals surface area contributed by atoms with Gasteiger partial charge in [-0.05, 0) is 25.4 Å². The van der Waals surface area contributed by atoms with Gasteiger partial charge in [0.2, 0.25) is 5.28 Å². The van der Waals surface area contributed by atoms with Crippen LogP contribution in [0.25, 0.3) is 11.0 Å². The number of carbonyl (C=O) groups is 1. The van der Waals surface area contributed by atoms with E-state index in [9.17, 15) is 9.36 Å². The van der Waals surface area contributed by atoms with Gasteiger partial charge in [0, 0.05) is 12.8 Å². The maximum atomic E-state index is 12.6. The van der Waals surface area contributed by atoms with Gasteiger partial charge >= 0.3 is 13.6 Å². The van der Waals surface area contributed by atoms with Crippen LogP contribution >= 0.6 is 30.8 Å². The zero-order chi connectivity index (χ0) is 24.2. The normalized spacial score (nSPS) is 23.3. The number of rotatable bonds is 11. The quantitative estimate of drug-likeness (QED) is 0.140. The number of ether oxygens (including phenoxy) is 3. The maximum Gasteiger partial charge on any atom is 0.332 e. The van der Waals surface area contributed by atoms with E-state index in [1.807, 2.05) is 6.92 Å². The van der Waals surface area contributed by atoms with Crippen molar-refractivity contribution in [2.75, 3.05) is 32.6 Å². The summed E-state index contributed by atoms with van der Waals surface area (Å²) in [4.78, 5) is 19.9. The van der Waals surface area contributed by atoms with Crippen LogP contribution in [0, 0.1) is 5.92 Å². The molecule has 1 aliphatic heterocycles. The molecule has 184 valence electrons. The van der Waals surface area contributed by atoms with Crippen LogP contribution in [0.5, 0.6) is 0 Å². The van der Waals surface area contributed by atoms with Crippen LogP contribution in [0.4, 0.5) is 0 Å². The van der Waals surface area contributed by atoms with E-state index in [4.69, 9.17) is 46.5 Å². The van der Waals surface area contributed by atoms with Crippen molar-refractivity contribution in [2.24, 2.45) is 5.92 Å². The summed E-state index contributed by atoms with van der Waals surface area (Å²) in [6.45, 7) is 7.43. The van der Waals surface area contributed by atoms with Gasteiger partial charge in [-0.15, -0.1) is 0 Å². The minimum absolute atomic E-state index is 0.0238. The highest BCUT2D eigenvalue weighted by Crippen LogP contribution is 2.47. The molecule has 0 aromatic carbocycles. The number of esters is 1. The Kier molecular flexibility index (Phi) is 9.08. The lowest BCUT2D eigenvalue weighted by molar-refractivity contribution is -0.152. The van der Waals surface area contributed by atoms with Crippen LogP contribution in [-0.4, -0.2) is 70.5 Å². The van der Waals surface area contributed by atoms with E-state index in [0.29, 0.717) is 11.0 Å². The summed E-state index contributed by atoms with van der Waals surface area (Å²) >= 11 is 12.1. The molecule has 0 N–H and O–H groups in total. The molecular weight excluding hydrogens is 498 g/mol. The van der Waals surface area contributed by atoms with Gasteiger partial charge in [0.05, 0.1) is 44.2 Å². The highest BCUT2D eigenvalue weighted by Gasteiger charge is 2.46. The third-order valence-electron chi connectivity index (χ3n) is 5.01. The lowest BCUT2D eigenvalue weighted by atomic mass is 10.0. The molecule has 0 amide bonds. The molecule has 3 heterocycles. The zero-order valence-corrected chi connectivity index (χ0v) is 21.2. The Morgan fingerprint density at radius 2 is 1.94 bits per heavy atom. The van der Waals surface area contributed by atoms with Crippen LogP contribution in [0.3, 0.4) is 0 Å². The highest BCUT2D eigenvalue weighted by atomic mass is 35.5. The summed E-state index contributed by atoms with van der Waals surface area (Å²) < 4.78 is 42.1. The van der Waals surface area contributed by atoms with E-state index in [2.05, 4.69) is 15.1 Å². The first-order valence-electron chi connectivity index (χ1n) is 10.5. The zero-order valence-electron chi connectivity index (χ0n) is 18.8. The molecule has 33 heavy (non-hydrogen) atoms. The number of carbonyl (C=O) groups excluding carboxylic acids is 1. The fourth-order valence-electron chi connectivity index (χ4n) is 3.66. The predicted octanol–water partition coefficient (Wildman–Crippen LogP) is 3.88. The summed E-state index contributed by atoms with van der Waals surface area (Å²) in [5.41, 5.74) is 0.398. The summed E-state index contributed by atoms with van der Waals surface area (Å²) in [6, 6.07) is 0. The number of halogens is 2. The van der Waals surface area contributed by atoms with Crippen molar-refractivity contribution >= 4 is 47.8 Å². The molecule has 0 aliphatic carbocycles. The molecule has 1 aliphatic rings. The Balaban J connectivity index is 1.73. The lowest BCUT2D eigenvalue weighted by Crippen LogP contribution is -2.34. The number of aromatic nitrogens is 4. The fourth-order valence-corrected chi connectivity index (χ4v) is 5.55. The molecule has 0 radical (unpaired) electrons. The van der Waals surface area contributed by atoms with Gasteiger partial charge in [0.1, 0.15) is 17.4 Å². The Hall–Kier alpha value is -1.33. The molecule has 3 rings (SSSR count). The molecular formula is C19H27Cl2N4O7P. The summed E-state index contributed by atoms with van der Waals surface area (Å²) in [5.74, 6) is -0.743. The van der Waals surface area contributed by atoms with Crippen LogP contribution in [0.2, 0.25) is 10.4 Å². The van der Waals surface area contributed by atoms with Gasteiger partial charge in [0.15, 0.2) is 11.9 Å². The van der Waals surface area contributed by atoms with E-state index in [0.717, 1.165) is 0 Å². The van der Waals surface area contributed by atoms with Crippen molar-refractivity contribution in [3.8, 4) is 0 Å². The summed E-state index contributed by atoms with van der Waals surface area (Å²) in [5, 5.41) is 5.01. The van der Waals surface area contributed by atoms with E-state index < -0.39 is 32.0 Å². The van der Waals surface area contributed by atoms with Gasteiger partial charge in [-0.25, -0.2) is 9.67 Å². The molecule has 1 saturated heterocycles. The van der Waals surface area contributed by atoms with E-state index in [1.165, 1.54) is 17.8 Å². The third-order valence-corrected chi connectivity index (χ3v) is 7.51. The van der Waals surface area contributed by atoms with Crippen LogP contribution in [0.1, 0.15) is 33.9 Å². The van der Waals surface area contributed by atoms with Gasteiger partial charge in [0.25, 0.3) is 0 Å². The van der Waals surface area contributed by atoms with Gasteiger partial charge in [-0.3, -0.25) is 9.36 Å². The Morgan fingerprint density at radius 3 is 2.58 bits per heavy atom. The van der Waals surface area contributed by atoms with Gasteiger partial charge < -0.3 is 23.3 Å². The number of nitrogens with zero attached hydrogens (tertiary/aromatic N) is 4. The molecule has 11 nitrogen and oxygen atoms in total. The van der Waals surface area contributed by atoms with Crippen molar-refractivity contribution in [2.45, 2.75) is 46.1 Å². The van der Waals surface area contributed by atoms with E-state index >= 15 is 0 Å². The first-order valence-corrected chi connectivity index (χ1v) is 13.0. The molecule has 4 atom stereocenters. The molecule has 2 aromatic heterocycles. The number of hydrogen-bond donors (Lipinski definition) is 0. The van der Waals surface area contributed by atoms with E-state index in [-0.39, 0.29) is 48.9 Å². The van der Waals surface area contributed by atoms with Gasteiger partial charge in [-0.1, -0.05) is 18.5 Å². The fraction of sp³-hybridized carbons (Fsp3) is 0.684. The Bertz CT molecular complexity index is 1010. The van der Waals surface area contributed by atoms with Gasteiger partial charge in [-0.2, -0.15) is 10.1 Å². The first kappa shape index (κ1) is 26.3. The van der Waals surface area contributed by atoms with Crippen molar-refractivity contribution in [3.05, 3.63) is 16.6 Å². The molecule has 1 fully saturated rings. The average molecular weight is 525 g/mol. The predicted molar refractivity (Wildman–Crippen MR) is 121 cm³/mol. The minimum atomic E-state index is -3.22. The number of hydrogen-bond acceptors (Lipinski definition) is 10. The molecule has 0 bridgehead atoms. The summed E-state index contributed by atoms with van der Waals surface area (Å²) in [7, 11) is -3.22. The summed E-state index contributed by atoms with van der Waals surface area (Å²) in [6.07, 6.45) is -0.214.